The first-order chi connectivity index (χ1) is 10.2. The quantitative estimate of drug-likeness (QED) is 0.800. The van der Waals surface area contributed by atoms with E-state index in [0.717, 1.165) is 29.8 Å². The number of carbonyl (C=O) groups excluding carboxylic acids is 1. The van der Waals surface area contributed by atoms with Crippen LogP contribution < -0.4 is 10.6 Å². The number of nitrogens with zero attached hydrogens (tertiary/aromatic N) is 1. The van der Waals surface area contributed by atoms with Gasteiger partial charge in [0.05, 0.1) is 11.6 Å². The molecule has 1 aliphatic heterocycles. The first-order valence-electron chi connectivity index (χ1n) is 7.34. The van der Waals surface area contributed by atoms with E-state index >= 15 is 0 Å². The molecule has 0 aliphatic carbocycles. The van der Waals surface area contributed by atoms with E-state index in [2.05, 4.69) is 27.8 Å². The molecule has 2 unspecified atom stereocenters. The van der Waals surface area contributed by atoms with E-state index < -0.39 is 0 Å². The molecule has 21 heavy (non-hydrogen) atoms. The van der Waals surface area contributed by atoms with Crippen LogP contribution in [-0.2, 0) is 11.3 Å². The van der Waals surface area contributed by atoms with Gasteiger partial charge in [-0.1, -0.05) is 24.3 Å². The van der Waals surface area contributed by atoms with Gasteiger partial charge in [0, 0.05) is 18.8 Å². The second-order valence-corrected chi connectivity index (χ2v) is 5.52. The van der Waals surface area contributed by atoms with Crippen molar-refractivity contribution in [3.05, 3.63) is 42.1 Å². The van der Waals surface area contributed by atoms with Crippen molar-refractivity contribution < 1.29 is 4.79 Å². The summed E-state index contributed by atoms with van der Waals surface area (Å²) in [4.78, 5) is 12.1. The fourth-order valence-corrected chi connectivity index (χ4v) is 2.76. The van der Waals surface area contributed by atoms with Crippen molar-refractivity contribution in [2.24, 2.45) is 5.92 Å². The van der Waals surface area contributed by atoms with Crippen LogP contribution in [0.3, 0.4) is 0 Å². The molecule has 1 aliphatic rings. The summed E-state index contributed by atoms with van der Waals surface area (Å²) in [6.45, 7) is 3.57. The lowest BCUT2D eigenvalue weighted by Gasteiger charge is -2.15. The monoisotopic (exact) mass is 284 g/mol. The standard InChI is InChI=1S/C16H20N4O/c1-11-14(6-8-17-11)16(21)18-10-12-2-4-13(5-3-12)15-7-9-19-20-15/h2-5,7,9,11,14,17H,6,8,10H2,1H3,(H,18,21)(H,19,20). The summed E-state index contributed by atoms with van der Waals surface area (Å²) in [7, 11) is 0. The summed E-state index contributed by atoms with van der Waals surface area (Å²) < 4.78 is 0. The largest absolute Gasteiger partial charge is 0.352 e. The highest BCUT2D eigenvalue weighted by Crippen LogP contribution is 2.17. The van der Waals surface area contributed by atoms with Crippen LogP contribution in [0.15, 0.2) is 36.5 Å². The maximum Gasteiger partial charge on any atom is 0.224 e. The molecule has 1 amide bonds. The minimum Gasteiger partial charge on any atom is -0.352 e. The van der Waals surface area contributed by atoms with Gasteiger partial charge < -0.3 is 10.6 Å². The summed E-state index contributed by atoms with van der Waals surface area (Å²) in [5.74, 6) is 0.236. The summed E-state index contributed by atoms with van der Waals surface area (Å²) in [5, 5.41) is 13.2. The number of carbonyl (C=O) groups is 1. The second-order valence-electron chi connectivity index (χ2n) is 5.52. The van der Waals surface area contributed by atoms with Crippen LogP contribution in [0.25, 0.3) is 11.3 Å². The van der Waals surface area contributed by atoms with Crippen molar-refractivity contribution in [2.75, 3.05) is 6.54 Å². The maximum atomic E-state index is 12.1. The van der Waals surface area contributed by atoms with Crippen LogP contribution >= 0.6 is 0 Å². The number of hydrogen-bond acceptors (Lipinski definition) is 3. The predicted molar refractivity (Wildman–Crippen MR) is 81.4 cm³/mol. The van der Waals surface area contributed by atoms with Gasteiger partial charge in [-0.15, -0.1) is 0 Å². The minimum atomic E-state index is 0.0919. The van der Waals surface area contributed by atoms with E-state index in [-0.39, 0.29) is 17.9 Å². The number of benzene rings is 1. The smallest absolute Gasteiger partial charge is 0.224 e. The molecule has 1 saturated heterocycles. The average molecular weight is 284 g/mol. The van der Waals surface area contributed by atoms with Crippen molar-refractivity contribution >= 4 is 5.91 Å². The topological polar surface area (TPSA) is 69.8 Å². The Bertz CT molecular complexity index is 591. The number of aromatic amines is 1. The average Bonchev–Trinajstić information content (AvgIpc) is 3.16. The minimum absolute atomic E-state index is 0.0919. The molecule has 3 rings (SSSR count). The van der Waals surface area contributed by atoms with E-state index in [9.17, 15) is 4.79 Å². The molecule has 1 aromatic carbocycles. The lowest BCUT2D eigenvalue weighted by molar-refractivity contribution is -0.125. The van der Waals surface area contributed by atoms with Gasteiger partial charge in [-0.05, 0) is 37.1 Å². The number of rotatable bonds is 4. The molecule has 2 heterocycles. The molecular weight excluding hydrogens is 264 g/mol. The van der Waals surface area contributed by atoms with Crippen LogP contribution in [0.5, 0.6) is 0 Å². The summed E-state index contributed by atoms with van der Waals surface area (Å²) in [6.07, 6.45) is 2.66. The van der Waals surface area contributed by atoms with Crippen LogP contribution in [-0.4, -0.2) is 28.7 Å². The lowest BCUT2D eigenvalue weighted by atomic mass is 10.0. The van der Waals surface area contributed by atoms with Crippen molar-refractivity contribution in [1.29, 1.82) is 0 Å². The molecule has 1 fully saturated rings. The summed E-state index contributed by atoms with van der Waals surface area (Å²) in [6, 6.07) is 10.3. The molecule has 3 N–H and O–H groups in total. The van der Waals surface area contributed by atoms with Crippen LogP contribution in [0.4, 0.5) is 0 Å². The van der Waals surface area contributed by atoms with Gasteiger partial charge in [-0.25, -0.2) is 0 Å². The Kier molecular flexibility index (Phi) is 4.01. The Morgan fingerprint density at radius 3 is 2.76 bits per heavy atom. The van der Waals surface area contributed by atoms with Crippen molar-refractivity contribution in [3.8, 4) is 11.3 Å². The van der Waals surface area contributed by atoms with Gasteiger partial charge in [-0.2, -0.15) is 5.10 Å². The Labute approximate surface area is 124 Å². The van der Waals surface area contributed by atoms with Gasteiger partial charge >= 0.3 is 0 Å². The first-order valence-corrected chi connectivity index (χ1v) is 7.34. The molecule has 0 radical (unpaired) electrons. The highest BCUT2D eigenvalue weighted by molar-refractivity contribution is 5.79. The predicted octanol–water partition coefficient (Wildman–Crippen LogP) is 1.69. The van der Waals surface area contributed by atoms with Gasteiger partial charge in [0.2, 0.25) is 5.91 Å². The molecule has 110 valence electrons. The van der Waals surface area contributed by atoms with Gasteiger partial charge in [0.15, 0.2) is 0 Å². The Morgan fingerprint density at radius 2 is 2.14 bits per heavy atom. The molecule has 0 spiro atoms. The van der Waals surface area contributed by atoms with E-state index in [1.54, 1.807) is 6.20 Å². The third-order valence-electron chi connectivity index (χ3n) is 4.09. The zero-order valence-electron chi connectivity index (χ0n) is 12.1. The van der Waals surface area contributed by atoms with Gasteiger partial charge in [0.25, 0.3) is 0 Å². The third kappa shape index (κ3) is 3.13. The zero-order valence-corrected chi connectivity index (χ0v) is 12.1. The Balaban J connectivity index is 1.57. The number of H-pyrrole nitrogens is 1. The van der Waals surface area contributed by atoms with Crippen LogP contribution in [0.2, 0.25) is 0 Å². The number of amides is 1. The van der Waals surface area contributed by atoms with E-state index in [4.69, 9.17) is 0 Å². The highest BCUT2D eigenvalue weighted by atomic mass is 16.1. The molecule has 2 aromatic rings. The lowest BCUT2D eigenvalue weighted by Crippen LogP contribution is -2.36. The molecule has 2 atom stereocenters. The normalized spacial score (nSPS) is 21.4. The van der Waals surface area contributed by atoms with E-state index in [0.29, 0.717) is 6.54 Å². The number of hydrogen-bond donors (Lipinski definition) is 3. The first kappa shape index (κ1) is 13.8. The van der Waals surface area contributed by atoms with Crippen LogP contribution in [0.1, 0.15) is 18.9 Å². The number of nitrogens with one attached hydrogen (secondary N) is 3. The van der Waals surface area contributed by atoms with Gasteiger partial charge in [-0.3, -0.25) is 9.89 Å². The zero-order chi connectivity index (χ0) is 14.7. The van der Waals surface area contributed by atoms with Gasteiger partial charge in [0.1, 0.15) is 0 Å². The fourth-order valence-electron chi connectivity index (χ4n) is 2.76. The molecule has 0 saturated carbocycles. The Hall–Kier alpha value is -2.14. The van der Waals surface area contributed by atoms with Crippen LogP contribution in [0, 0.1) is 5.92 Å². The Morgan fingerprint density at radius 1 is 1.33 bits per heavy atom. The molecule has 5 nitrogen and oxygen atoms in total. The maximum absolute atomic E-state index is 12.1. The molecule has 1 aromatic heterocycles. The summed E-state index contributed by atoms with van der Waals surface area (Å²) in [5.41, 5.74) is 3.19. The SMILES string of the molecule is CC1NCCC1C(=O)NCc1ccc(-c2ccn[nH]2)cc1. The summed E-state index contributed by atoms with van der Waals surface area (Å²) >= 11 is 0. The van der Waals surface area contributed by atoms with Crippen molar-refractivity contribution in [1.82, 2.24) is 20.8 Å². The molecule has 0 bridgehead atoms. The fraction of sp³-hybridized carbons (Fsp3) is 0.375. The van der Waals surface area contributed by atoms with E-state index in [1.165, 1.54) is 0 Å². The van der Waals surface area contributed by atoms with E-state index in [1.807, 2.05) is 30.3 Å². The third-order valence-corrected chi connectivity index (χ3v) is 4.09. The van der Waals surface area contributed by atoms with Crippen molar-refractivity contribution in [3.63, 3.8) is 0 Å². The highest BCUT2D eigenvalue weighted by Gasteiger charge is 2.28. The molecular formula is C16H20N4O. The number of aromatic nitrogens is 2. The van der Waals surface area contributed by atoms with Crippen molar-refractivity contribution in [2.45, 2.75) is 25.9 Å². The second kappa shape index (κ2) is 6.10. The molecule has 5 heteroatoms.